The van der Waals surface area contributed by atoms with E-state index >= 15 is 0 Å². The summed E-state index contributed by atoms with van der Waals surface area (Å²) >= 11 is 0. The first-order valence-electron chi connectivity index (χ1n) is 8.49. The maximum atomic E-state index is 11.7. The van der Waals surface area contributed by atoms with E-state index in [1.54, 1.807) is 13.2 Å². The molecule has 1 aliphatic heterocycles. The minimum atomic E-state index is -0.306. The molecule has 24 heavy (non-hydrogen) atoms. The van der Waals surface area contributed by atoms with E-state index in [2.05, 4.69) is 10.2 Å². The Morgan fingerprint density at radius 2 is 1.88 bits per heavy atom. The van der Waals surface area contributed by atoms with Crippen LogP contribution in [0.4, 0.5) is 5.69 Å². The number of benzene rings is 1. The highest BCUT2D eigenvalue weighted by atomic mass is 16.6. The highest BCUT2D eigenvalue weighted by Crippen LogP contribution is 2.45. The molecule has 1 atom stereocenters. The van der Waals surface area contributed by atoms with Crippen LogP contribution >= 0.6 is 0 Å². The average Bonchev–Trinajstić information content (AvgIpc) is 3.43. The van der Waals surface area contributed by atoms with Crippen molar-refractivity contribution in [2.75, 3.05) is 40.4 Å². The maximum absolute atomic E-state index is 11.7. The number of hydrogen-bond donors (Lipinski definition) is 1. The molecule has 1 heterocycles. The number of ether oxygens (including phenoxy) is 2. The van der Waals surface area contributed by atoms with E-state index in [-0.39, 0.29) is 16.7 Å². The van der Waals surface area contributed by atoms with Crippen LogP contribution in [-0.4, -0.2) is 50.2 Å². The second kappa shape index (κ2) is 7.36. The molecule has 0 unspecified atom stereocenters. The van der Waals surface area contributed by atoms with E-state index in [1.165, 1.54) is 26.0 Å². The monoisotopic (exact) mass is 335 g/mol. The summed E-state index contributed by atoms with van der Waals surface area (Å²) in [6, 6.07) is 3.35. The van der Waals surface area contributed by atoms with Crippen molar-refractivity contribution in [3.05, 3.63) is 27.8 Å². The van der Waals surface area contributed by atoms with Crippen LogP contribution in [0.25, 0.3) is 0 Å². The molecular weight excluding hydrogens is 310 g/mol. The SMILES string of the molecule is COc1cc([C@@H](CC2CC2)N2CCNCC2)c([N+](=O)[O-])cc1OC. The van der Waals surface area contributed by atoms with E-state index < -0.39 is 0 Å². The number of hydrogen-bond acceptors (Lipinski definition) is 6. The summed E-state index contributed by atoms with van der Waals surface area (Å²) in [5, 5.41) is 15.0. The zero-order valence-electron chi connectivity index (χ0n) is 14.3. The number of rotatable bonds is 7. The van der Waals surface area contributed by atoms with Gasteiger partial charge in [-0.2, -0.15) is 0 Å². The second-order valence-corrected chi connectivity index (χ2v) is 6.50. The Morgan fingerprint density at radius 3 is 2.42 bits per heavy atom. The summed E-state index contributed by atoms with van der Waals surface area (Å²) in [5.74, 6) is 1.63. The largest absolute Gasteiger partial charge is 0.493 e. The van der Waals surface area contributed by atoms with Crippen LogP contribution in [0, 0.1) is 16.0 Å². The minimum Gasteiger partial charge on any atom is -0.493 e. The maximum Gasteiger partial charge on any atom is 0.278 e. The van der Waals surface area contributed by atoms with Crippen LogP contribution < -0.4 is 14.8 Å². The van der Waals surface area contributed by atoms with Crippen LogP contribution in [0.15, 0.2) is 12.1 Å². The van der Waals surface area contributed by atoms with Crippen LogP contribution in [0.5, 0.6) is 11.5 Å². The number of nitrogens with zero attached hydrogens (tertiary/aromatic N) is 2. The number of methoxy groups -OCH3 is 2. The quantitative estimate of drug-likeness (QED) is 0.609. The van der Waals surface area contributed by atoms with Gasteiger partial charge in [0.05, 0.1) is 30.8 Å². The van der Waals surface area contributed by atoms with Gasteiger partial charge in [0.25, 0.3) is 5.69 Å². The van der Waals surface area contributed by atoms with Gasteiger partial charge in [0, 0.05) is 32.2 Å². The lowest BCUT2D eigenvalue weighted by Crippen LogP contribution is -2.45. The van der Waals surface area contributed by atoms with Gasteiger partial charge in [-0.1, -0.05) is 12.8 Å². The smallest absolute Gasteiger partial charge is 0.278 e. The Morgan fingerprint density at radius 1 is 1.25 bits per heavy atom. The van der Waals surface area contributed by atoms with Crippen molar-refractivity contribution in [2.24, 2.45) is 5.92 Å². The fourth-order valence-corrected chi connectivity index (χ4v) is 3.44. The Hall–Kier alpha value is -1.86. The molecule has 3 rings (SSSR count). The summed E-state index contributed by atoms with van der Waals surface area (Å²) in [5.41, 5.74) is 0.864. The first-order chi connectivity index (χ1) is 11.6. The molecule has 0 aromatic heterocycles. The molecule has 1 saturated heterocycles. The fraction of sp³-hybridized carbons (Fsp3) is 0.647. The average molecular weight is 335 g/mol. The van der Waals surface area contributed by atoms with Crippen molar-refractivity contribution >= 4 is 5.69 Å². The van der Waals surface area contributed by atoms with Gasteiger partial charge >= 0.3 is 0 Å². The Kier molecular flexibility index (Phi) is 5.20. The number of nitro groups is 1. The molecular formula is C17H25N3O4. The lowest BCUT2D eigenvalue weighted by atomic mass is 9.96. The zero-order chi connectivity index (χ0) is 17.1. The van der Waals surface area contributed by atoms with E-state index in [0.29, 0.717) is 17.4 Å². The van der Waals surface area contributed by atoms with Crippen molar-refractivity contribution in [1.29, 1.82) is 0 Å². The van der Waals surface area contributed by atoms with Crippen molar-refractivity contribution in [2.45, 2.75) is 25.3 Å². The Balaban J connectivity index is 2.01. The molecule has 1 N–H and O–H groups in total. The predicted octanol–water partition coefficient (Wildman–Crippen LogP) is 2.36. The van der Waals surface area contributed by atoms with Gasteiger partial charge in [-0.15, -0.1) is 0 Å². The second-order valence-electron chi connectivity index (χ2n) is 6.50. The highest BCUT2D eigenvalue weighted by Gasteiger charge is 2.35. The van der Waals surface area contributed by atoms with Crippen LogP contribution in [0.2, 0.25) is 0 Å². The van der Waals surface area contributed by atoms with Crippen LogP contribution in [0.1, 0.15) is 30.9 Å². The summed E-state index contributed by atoms with van der Waals surface area (Å²) < 4.78 is 10.6. The molecule has 7 heteroatoms. The minimum absolute atomic E-state index is 0.0554. The molecule has 0 amide bonds. The highest BCUT2D eigenvalue weighted by molar-refractivity contribution is 5.55. The molecule has 2 aliphatic rings. The van der Waals surface area contributed by atoms with Gasteiger partial charge in [-0.05, 0) is 18.4 Å². The lowest BCUT2D eigenvalue weighted by Gasteiger charge is -2.35. The van der Waals surface area contributed by atoms with Gasteiger partial charge < -0.3 is 14.8 Å². The van der Waals surface area contributed by atoms with Crippen LogP contribution in [-0.2, 0) is 0 Å². The summed E-state index contributed by atoms with van der Waals surface area (Å²) in [4.78, 5) is 13.7. The summed E-state index contributed by atoms with van der Waals surface area (Å²) in [7, 11) is 3.06. The third-order valence-electron chi connectivity index (χ3n) is 4.93. The molecule has 0 bridgehead atoms. The van der Waals surface area contributed by atoms with E-state index in [0.717, 1.165) is 38.2 Å². The van der Waals surface area contributed by atoms with E-state index in [1.807, 2.05) is 0 Å². The number of nitrogens with one attached hydrogen (secondary N) is 1. The van der Waals surface area contributed by atoms with Gasteiger partial charge in [0.15, 0.2) is 11.5 Å². The zero-order valence-corrected chi connectivity index (χ0v) is 14.3. The number of nitro benzene ring substituents is 1. The molecule has 1 aromatic carbocycles. The van der Waals surface area contributed by atoms with Gasteiger partial charge in [-0.3, -0.25) is 15.0 Å². The van der Waals surface area contributed by atoms with Gasteiger partial charge in [0.1, 0.15) is 0 Å². The summed E-state index contributed by atoms with van der Waals surface area (Å²) in [6.07, 6.45) is 3.42. The first kappa shape index (κ1) is 17.0. The number of piperazine rings is 1. The molecule has 0 spiro atoms. The van der Waals surface area contributed by atoms with E-state index in [9.17, 15) is 10.1 Å². The van der Waals surface area contributed by atoms with Crippen molar-refractivity contribution in [3.8, 4) is 11.5 Å². The van der Waals surface area contributed by atoms with Gasteiger partial charge in [-0.25, -0.2) is 0 Å². The molecule has 1 aliphatic carbocycles. The van der Waals surface area contributed by atoms with E-state index in [4.69, 9.17) is 9.47 Å². The normalized spacial score (nSPS) is 19.8. The molecule has 1 aromatic rings. The molecule has 0 radical (unpaired) electrons. The Bertz CT molecular complexity index is 598. The van der Waals surface area contributed by atoms with Gasteiger partial charge in [0.2, 0.25) is 0 Å². The Labute approximate surface area is 142 Å². The molecule has 1 saturated carbocycles. The van der Waals surface area contributed by atoms with Crippen molar-refractivity contribution < 1.29 is 14.4 Å². The third kappa shape index (κ3) is 3.62. The fourth-order valence-electron chi connectivity index (χ4n) is 3.44. The van der Waals surface area contributed by atoms with Crippen molar-refractivity contribution in [3.63, 3.8) is 0 Å². The standard InChI is InChI=1S/C17H25N3O4/c1-23-16-10-13(15(20(21)22)11-17(16)24-2)14(9-12-3-4-12)19-7-5-18-6-8-19/h10-12,14,18H,3-9H2,1-2H3/t14-/m1/s1. The molecule has 132 valence electrons. The van der Waals surface area contributed by atoms with Crippen molar-refractivity contribution in [1.82, 2.24) is 10.2 Å². The topological polar surface area (TPSA) is 76.9 Å². The lowest BCUT2D eigenvalue weighted by molar-refractivity contribution is -0.386. The molecule has 2 fully saturated rings. The van der Waals surface area contributed by atoms with Crippen LogP contribution in [0.3, 0.4) is 0 Å². The predicted molar refractivity (Wildman–Crippen MR) is 90.7 cm³/mol. The summed E-state index contributed by atoms with van der Waals surface area (Å²) in [6.45, 7) is 3.65. The molecule has 7 nitrogen and oxygen atoms in total. The first-order valence-corrected chi connectivity index (χ1v) is 8.49. The third-order valence-corrected chi connectivity index (χ3v) is 4.93.